The van der Waals surface area contributed by atoms with Gasteiger partial charge in [0.05, 0.1) is 26.4 Å². The van der Waals surface area contributed by atoms with E-state index in [1.165, 1.54) is 173 Å². The third-order valence-corrected chi connectivity index (χ3v) is 20.2. The van der Waals surface area contributed by atoms with Gasteiger partial charge in [0.2, 0.25) is 0 Å². The molecule has 0 radical (unpaired) electrons. The molecule has 19 heteroatoms. The molecule has 0 bridgehead atoms. The summed E-state index contributed by atoms with van der Waals surface area (Å²) in [6.07, 6.45) is 50.2. The highest BCUT2D eigenvalue weighted by molar-refractivity contribution is 7.47. The quantitative estimate of drug-likeness (QED) is 0.0222. The largest absolute Gasteiger partial charge is 0.472 e. The number of rotatable bonds is 73. The first kappa shape index (κ1) is 93.1. The van der Waals surface area contributed by atoms with Crippen molar-refractivity contribution in [2.75, 3.05) is 39.6 Å². The number of unbranched alkanes of at least 4 members (excludes halogenated alkanes) is 37. The lowest BCUT2D eigenvalue weighted by Gasteiger charge is -2.21. The Balaban J connectivity index is 5.16. The van der Waals surface area contributed by atoms with Crippen LogP contribution in [0.3, 0.4) is 0 Å². The van der Waals surface area contributed by atoms with E-state index in [1.807, 2.05) is 0 Å². The predicted octanol–water partition coefficient (Wildman–Crippen LogP) is 22.0. The number of carbonyl (C=O) groups excluding carboxylic acids is 4. The summed E-state index contributed by atoms with van der Waals surface area (Å²) in [7, 11) is -9.91. The lowest BCUT2D eigenvalue weighted by molar-refractivity contribution is -0.161. The highest BCUT2D eigenvalue weighted by Crippen LogP contribution is 2.45. The molecular weight excluding hydrogens is 1250 g/mol. The summed E-state index contributed by atoms with van der Waals surface area (Å²) in [5.74, 6) is 0.921. The number of phosphoric acid groups is 2. The fraction of sp³-hybridized carbons (Fsp3) is 0.947. The molecule has 0 spiro atoms. The molecule has 0 saturated carbocycles. The van der Waals surface area contributed by atoms with Gasteiger partial charge in [-0.25, -0.2) is 9.13 Å². The standard InChI is InChI=1S/C76H148O17P2/c1-9-68(7)54-46-38-29-25-21-17-15-13-11-12-14-16-18-22-26-30-42-50-58-75(80)93-72(63-87-74(79)57-49-41-35-33-39-47-55-69(8)10-2)65-91-95(84,85)89-61-70(77)60-88-94(82,83)90-64-71(62-86-73(78)56-48-40-34-32-37-45-53-67(5)6)92-76(81)59-51-43-31-27-23-19-20-24-28-36-44-52-66(3)4/h66-72,77H,9-65H2,1-8H3,(H,82,83)(H,84,85)/t68?,69?,70-,71+,72+/m0/s1. The molecule has 0 aromatic heterocycles. The summed E-state index contributed by atoms with van der Waals surface area (Å²) in [5.41, 5.74) is 0. The van der Waals surface area contributed by atoms with Gasteiger partial charge in [0.25, 0.3) is 0 Å². The van der Waals surface area contributed by atoms with Crippen molar-refractivity contribution in [1.29, 1.82) is 0 Å². The minimum atomic E-state index is -4.96. The number of carbonyl (C=O) groups is 4. The zero-order valence-electron chi connectivity index (χ0n) is 62.3. The molecule has 0 aromatic rings. The van der Waals surface area contributed by atoms with Crippen LogP contribution in [0.4, 0.5) is 0 Å². The number of aliphatic hydroxyl groups excluding tert-OH is 1. The van der Waals surface area contributed by atoms with E-state index in [9.17, 15) is 43.2 Å². The van der Waals surface area contributed by atoms with Crippen molar-refractivity contribution in [2.24, 2.45) is 23.7 Å². The predicted molar refractivity (Wildman–Crippen MR) is 386 cm³/mol. The number of hydrogen-bond acceptors (Lipinski definition) is 15. The van der Waals surface area contributed by atoms with Crippen molar-refractivity contribution in [3.63, 3.8) is 0 Å². The summed E-state index contributed by atoms with van der Waals surface area (Å²) < 4.78 is 68.4. The van der Waals surface area contributed by atoms with E-state index in [-0.39, 0.29) is 25.7 Å². The van der Waals surface area contributed by atoms with Crippen LogP contribution in [0.15, 0.2) is 0 Å². The van der Waals surface area contributed by atoms with Crippen LogP contribution in [0.25, 0.3) is 0 Å². The van der Waals surface area contributed by atoms with E-state index in [0.717, 1.165) is 120 Å². The van der Waals surface area contributed by atoms with Gasteiger partial charge in [0.1, 0.15) is 19.3 Å². The van der Waals surface area contributed by atoms with Gasteiger partial charge in [-0.2, -0.15) is 0 Å². The van der Waals surface area contributed by atoms with Crippen LogP contribution in [-0.2, 0) is 65.4 Å². The molecule has 0 aliphatic carbocycles. The summed E-state index contributed by atoms with van der Waals surface area (Å²) in [6.45, 7) is 14.1. The molecule has 0 heterocycles. The first-order chi connectivity index (χ1) is 45.7. The number of ether oxygens (including phenoxy) is 4. The fourth-order valence-corrected chi connectivity index (χ4v) is 13.1. The van der Waals surface area contributed by atoms with Gasteiger partial charge >= 0.3 is 39.5 Å². The lowest BCUT2D eigenvalue weighted by atomic mass is 9.99. The van der Waals surface area contributed by atoms with E-state index in [2.05, 4.69) is 55.4 Å². The average molecular weight is 1400 g/mol. The molecule has 0 amide bonds. The van der Waals surface area contributed by atoms with Crippen molar-refractivity contribution < 1.29 is 80.2 Å². The Morgan fingerprint density at radius 3 is 0.747 bits per heavy atom. The Morgan fingerprint density at radius 2 is 0.505 bits per heavy atom. The second-order valence-electron chi connectivity index (χ2n) is 28.8. The second kappa shape index (κ2) is 65.4. The number of phosphoric ester groups is 2. The SMILES string of the molecule is CCC(C)CCCCCCCCCCCCCCCCCCCCC(=O)O[C@H](COC(=O)CCCCCCCCC(C)CC)COP(=O)(O)OC[C@@H](O)COP(=O)(O)OC[C@@H](COC(=O)CCCCCCCCC(C)C)OC(=O)CCCCCCCCCCCCCC(C)C. The van der Waals surface area contributed by atoms with Gasteiger partial charge in [-0.3, -0.25) is 37.3 Å². The number of aliphatic hydroxyl groups is 1. The van der Waals surface area contributed by atoms with Gasteiger partial charge < -0.3 is 33.8 Å². The topological polar surface area (TPSA) is 237 Å². The minimum Gasteiger partial charge on any atom is -0.462 e. The summed E-state index contributed by atoms with van der Waals surface area (Å²) in [6, 6.07) is 0. The Morgan fingerprint density at radius 1 is 0.295 bits per heavy atom. The van der Waals surface area contributed by atoms with Crippen LogP contribution >= 0.6 is 15.6 Å². The molecule has 95 heavy (non-hydrogen) atoms. The molecule has 17 nitrogen and oxygen atoms in total. The molecule has 7 atom stereocenters. The maximum atomic E-state index is 13.1. The zero-order valence-corrected chi connectivity index (χ0v) is 64.1. The van der Waals surface area contributed by atoms with Crippen molar-refractivity contribution in [1.82, 2.24) is 0 Å². The average Bonchev–Trinajstić information content (AvgIpc) is 1.68. The normalized spacial score (nSPS) is 14.7. The van der Waals surface area contributed by atoms with E-state index >= 15 is 0 Å². The van der Waals surface area contributed by atoms with Crippen molar-refractivity contribution in [3.05, 3.63) is 0 Å². The molecule has 3 N–H and O–H groups in total. The molecule has 0 aromatic carbocycles. The lowest BCUT2D eigenvalue weighted by Crippen LogP contribution is -2.30. The van der Waals surface area contributed by atoms with Gasteiger partial charge in [-0.1, -0.05) is 331 Å². The first-order valence-electron chi connectivity index (χ1n) is 39.3. The Labute approximate surface area is 581 Å². The Kier molecular flexibility index (Phi) is 64.0. The molecule has 0 aliphatic rings. The summed E-state index contributed by atoms with van der Waals surface area (Å²) in [5, 5.41) is 10.6. The van der Waals surface area contributed by atoms with Gasteiger partial charge in [-0.05, 0) is 49.4 Å². The van der Waals surface area contributed by atoms with Crippen LogP contribution in [0.1, 0.15) is 383 Å². The van der Waals surface area contributed by atoms with Crippen molar-refractivity contribution in [3.8, 4) is 0 Å². The maximum Gasteiger partial charge on any atom is 0.472 e. The van der Waals surface area contributed by atoms with Gasteiger partial charge in [0, 0.05) is 25.7 Å². The van der Waals surface area contributed by atoms with Crippen LogP contribution in [0.5, 0.6) is 0 Å². The second-order valence-corrected chi connectivity index (χ2v) is 31.7. The fourth-order valence-electron chi connectivity index (χ4n) is 11.5. The van der Waals surface area contributed by atoms with Gasteiger partial charge in [0.15, 0.2) is 12.2 Å². The minimum absolute atomic E-state index is 0.105. The first-order valence-corrected chi connectivity index (χ1v) is 42.3. The molecule has 4 unspecified atom stereocenters. The van der Waals surface area contributed by atoms with E-state index in [4.69, 9.17) is 37.0 Å². The molecule has 0 saturated heterocycles. The highest BCUT2D eigenvalue weighted by Gasteiger charge is 2.30. The molecule has 0 aliphatic heterocycles. The van der Waals surface area contributed by atoms with E-state index < -0.39 is 97.5 Å². The summed E-state index contributed by atoms with van der Waals surface area (Å²) >= 11 is 0. The van der Waals surface area contributed by atoms with Gasteiger partial charge in [-0.15, -0.1) is 0 Å². The van der Waals surface area contributed by atoms with Crippen molar-refractivity contribution >= 4 is 39.5 Å². The molecule has 0 rings (SSSR count). The third-order valence-electron chi connectivity index (χ3n) is 18.3. The van der Waals surface area contributed by atoms with E-state index in [1.54, 1.807) is 0 Å². The van der Waals surface area contributed by atoms with Crippen LogP contribution < -0.4 is 0 Å². The number of hydrogen-bond donors (Lipinski definition) is 3. The Hall–Kier alpha value is -1.94. The number of esters is 4. The summed E-state index contributed by atoms with van der Waals surface area (Å²) in [4.78, 5) is 72.7. The van der Waals surface area contributed by atoms with Crippen LogP contribution in [0.2, 0.25) is 0 Å². The third kappa shape index (κ3) is 67.6. The maximum absolute atomic E-state index is 13.1. The molecule has 0 fully saturated rings. The van der Waals surface area contributed by atoms with E-state index in [0.29, 0.717) is 31.6 Å². The highest BCUT2D eigenvalue weighted by atomic mass is 31.2. The van der Waals surface area contributed by atoms with Crippen molar-refractivity contribution in [2.45, 2.75) is 401 Å². The molecular formula is C76H148O17P2. The zero-order chi connectivity index (χ0) is 70.3. The van der Waals surface area contributed by atoms with Crippen LogP contribution in [0, 0.1) is 23.7 Å². The van der Waals surface area contributed by atoms with Crippen LogP contribution in [-0.4, -0.2) is 96.7 Å². The molecule has 564 valence electrons. The Bertz CT molecular complexity index is 1870. The smallest absolute Gasteiger partial charge is 0.462 e. The monoisotopic (exact) mass is 1400 g/mol.